The molecule has 60 valence electrons. The number of aliphatic hydroxyl groups is 1. The zero-order valence-electron chi connectivity index (χ0n) is 6.23. The van der Waals surface area contributed by atoms with Crippen molar-refractivity contribution in [3.05, 3.63) is 16.6 Å². The Balaban J connectivity index is 2.08. The van der Waals surface area contributed by atoms with E-state index in [2.05, 4.69) is 10.4 Å². The van der Waals surface area contributed by atoms with Crippen molar-refractivity contribution in [2.75, 3.05) is 0 Å². The molecule has 0 aromatic carbocycles. The lowest BCUT2D eigenvalue weighted by Crippen LogP contribution is -1.99. The molecule has 0 aliphatic heterocycles. The largest absolute Gasteiger partial charge is 0.393 e. The highest BCUT2D eigenvalue weighted by Gasteiger charge is 2.24. The Morgan fingerprint density at radius 1 is 1.55 bits per heavy atom. The monoisotopic (exact) mass is 169 g/mol. The summed E-state index contributed by atoms with van der Waals surface area (Å²) in [6.07, 6.45) is 2.87. The topological polar surface area (TPSA) is 33.1 Å². The third kappa shape index (κ3) is 1.44. The summed E-state index contributed by atoms with van der Waals surface area (Å²) in [6.45, 7) is 0. The molecule has 2 atom stereocenters. The van der Waals surface area contributed by atoms with Crippen LogP contribution in [0.15, 0.2) is 10.9 Å². The number of aliphatic hydroxyl groups excluding tert-OH is 1. The quantitative estimate of drug-likeness (QED) is 0.695. The van der Waals surface area contributed by atoms with Crippen LogP contribution in [0.2, 0.25) is 0 Å². The molecule has 1 N–H and O–H groups in total. The fourth-order valence-electron chi connectivity index (χ4n) is 1.65. The van der Waals surface area contributed by atoms with Gasteiger partial charge in [0.25, 0.3) is 0 Å². The van der Waals surface area contributed by atoms with Crippen molar-refractivity contribution >= 4 is 11.3 Å². The van der Waals surface area contributed by atoms with Crippen molar-refractivity contribution < 1.29 is 5.11 Å². The van der Waals surface area contributed by atoms with E-state index in [4.69, 9.17) is 0 Å². The lowest BCUT2D eigenvalue weighted by Gasteiger charge is -2.03. The summed E-state index contributed by atoms with van der Waals surface area (Å²) >= 11 is 1.63. The number of nitrogens with zero attached hydrogens (tertiary/aromatic N) is 1. The van der Waals surface area contributed by atoms with Gasteiger partial charge in [-0.05, 0) is 19.3 Å². The van der Waals surface area contributed by atoms with Gasteiger partial charge in [0.15, 0.2) is 0 Å². The van der Waals surface area contributed by atoms with Crippen LogP contribution < -0.4 is 0 Å². The normalized spacial score (nSPS) is 31.0. The number of hydrogen-bond donors (Lipinski definition) is 1. The highest BCUT2D eigenvalue weighted by molar-refractivity contribution is 7.07. The maximum atomic E-state index is 9.27. The molecule has 0 bridgehead atoms. The zero-order chi connectivity index (χ0) is 7.68. The minimum absolute atomic E-state index is 0.0818. The van der Waals surface area contributed by atoms with Gasteiger partial charge in [-0.3, -0.25) is 0 Å². The lowest BCUT2D eigenvalue weighted by molar-refractivity contribution is 0.181. The molecule has 0 amide bonds. The molecule has 0 spiro atoms. The third-order valence-corrected chi connectivity index (χ3v) is 2.88. The second-order valence-corrected chi connectivity index (χ2v) is 3.80. The SMILES string of the molecule is OC1CCC(c2cscn2)C1. The van der Waals surface area contributed by atoms with Gasteiger partial charge in [0.2, 0.25) is 0 Å². The van der Waals surface area contributed by atoms with Gasteiger partial charge in [0, 0.05) is 11.3 Å². The van der Waals surface area contributed by atoms with Crippen molar-refractivity contribution in [2.24, 2.45) is 0 Å². The summed E-state index contributed by atoms with van der Waals surface area (Å²) in [7, 11) is 0. The van der Waals surface area contributed by atoms with Crippen LogP contribution in [0.4, 0.5) is 0 Å². The van der Waals surface area contributed by atoms with Gasteiger partial charge < -0.3 is 5.11 Å². The Kier molecular flexibility index (Phi) is 1.92. The molecule has 1 heterocycles. The Morgan fingerprint density at radius 3 is 3.00 bits per heavy atom. The van der Waals surface area contributed by atoms with Crippen LogP contribution in [0.5, 0.6) is 0 Å². The van der Waals surface area contributed by atoms with Gasteiger partial charge in [0.1, 0.15) is 0 Å². The minimum Gasteiger partial charge on any atom is -0.393 e. The number of aromatic nitrogens is 1. The van der Waals surface area contributed by atoms with Crippen molar-refractivity contribution in [3.63, 3.8) is 0 Å². The maximum absolute atomic E-state index is 9.27. The number of hydrogen-bond acceptors (Lipinski definition) is 3. The second kappa shape index (κ2) is 2.91. The molecule has 2 unspecified atom stereocenters. The second-order valence-electron chi connectivity index (χ2n) is 3.08. The van der Waals surface area contributed by atoms with Crippen LogP contribution in [0.3, 0.4) is 0 Å². The van der Waals surface area contributed by atoms with E-state index in [9.17, 15) is 5.11 Å². The first-order valence-electron chi connectivity index (χ1n) is 3.92. The summed E-state index contributed by atoms with van der Waals surface area (Å²) in [6, 6.07) is 0. The van der Waals surface area contributed by atoms with Gasteiger partial charge >= 0.3 is 0 Å². The molecule has 1 aliphatic rings. The molecule has 1 aliphatic carbocycles. The third-order valence-electron chi connectivity index (χ3n) is 2.27. The van der Waals surface area contributed by atoms with Gasteiger partial charge in [-0.25, -0.2) is 4.98 Å². The van der Waals surface area contributed by atoms with Crippen LogP contribution >= 0.6 is 11.3 Å². The smallest absolute Gasteiger partial charge is 0.0794 e. The van der Waals surface area contributed by atoms with Crippen LogP contribution in [0.1, 0.15) is 30.9 Å². The van der Waals surface area contributed by atoms with Crippen molar-refractivity contribution in [3.8, 4) is 0 Å². The van der Waals surface area contributed by atoms with Crippen LogP contribution in [0, 0.1) is 0 Å². The van der Waals surface area contributed by atoms with Gasteiger partial charge in [-0.15, -0.1) is 11.3 Å². The van der Waals surface area contributed by atoms with E-state index >= 15 is 0 Å². The summed E-state index contributed by atoms with van der Waals surface area (Å²) < 4.78 is 0. The first kappa shape index (κ1) is 7.25. The van der Waals surface area contributed by atoms with E-state index < -0.39 is 0 Å². The predicted octanol–water partition coefficient (Wildman–Crippen LogP) is 1.77. The highest BCUT2D eigenvalue weighted by Crippen LogP contribution is 2.33. The average molecular weight is 169 g/mol. The van der Waals surface area contributed by atoms with Crippen molar-refractivity contribution in [2.45, 2.75) is 31.3 Å². The summed E-state index contributed by atoms with van der Waals surface area (Å²) in [5, 5.41) is 11.4. The summed E-state index contributed by atoms with van der Waals surface area (Å²) in [5.41, 5.74) is 3.03. The van der Waals surface area contributed by atoms with Crippen molar-refractivity contribution in [1.29, 1.82) is 0 Å². The molecule has 11 heavy (non-hydrogen) atoms. The number of rotatable bonds is 1. The number of thiazole rings is 1. The molecule has 1 fully saturated rings. The molecule has 0 radical (unpaired) electrons. The Morgan fingerprint density at radius 2 is 2.45 bits per heavy atom. The molecular weight excluding hydrogens is 158 g/mol. The Bertz CT molecular complexity index is 222. The minimum atomic E-state index is -0.0818. The first-order chi connectivity index (χ1) is 5.36. The lowest BCUT2D eigenvalue weighted by atomic mass is 10.1. The van der Waals surface area contributed by atoms with Crippen molar-refractivity contribution in [1.82, 2.24) is 4.98 Å². The summed E-state index contributed by atoms with van der Waals surface area (Å²) in [4.78, 5) is 4.24. The van der Waals surface area contributed by atoms with E-state index in [1.807, 2.05) is 5.51 Å². The van der Waals surface area contributed by atoms with Gasteiger partial charge in [-0.2, -0.15) is 0 Å². The van der Waals surface area contributed by atoms with E-state index in [1.54, 1.807) is 11.3 Å². The maximum Gasteiger partial charge on any atom is 0.0794 e. The fourth-order valence-corrected chi connectivity index (χ4v) is 2.29. The average Bonchev–Trinajstić information content (AvgIpc) is 2.55. The van der Waals surface area contributed by atoms with E-state index in [0.29, 0.717) is 5.92 Å². The first-order valence-corrected chi connectivity index (χ1v) is 4.86. The fraction of sp³-hybridized carbons (Fsp3) is 0.625. The molecule has 1 aromatic rings. The standard InChI is InChI=1S/C8H11NOS/c10-7-2-1-6(3-7)8-4-11-5-9-8/h4-7,10H,1-3H2. The predicted molar refractivity (Wildman–Crippen MR) is 44.7 cm³/mol. The zero-order valence-corrected chi connectivity index (χ0v) is 7.05. The molecule has 1 saturated carbocycles. The van der Waals surface area contributed by atoms with Crippen LogP contribution in [0.25, 0.3) is 0 Å². The molecule has 3 heteroatoms. The molecule has 2 rings (SSSR count). The van der Waals surface area contributed by atoms with E-state index in [0.717, 1.165) is 19.3 Å². The Labute approximate surface area is 69.9 Å². The van der Waals surface area contributed by atoms with Gasteiger partial charge in [0.05, 0.1) is 17.3 Å². The molecular formula is C8H11NOS. The van der Waals surface area contributed by atoms with E-state index in [1.165, 1.54) is 5.69 Å². The highest BCUT2D eigenvalue weighted by atomic mass is 32.1. The van der Waals surface area contributed by atoms with Crippen LogP contribution in [-0.2, 0) is 0 Å². The molecule has 0 saturated heterocycles. The molecule has 2 nitrogen and oxygen atoms in total. The summed E-state index contributed by atoms with van der Waals surface area (Å²) in [5.74, 6) is 0.524. The van der Waals surface area contributed by atoms with Gasteiger partial charge in [-0.1, -0.05) is 0 Å². The molecule has 1 aromatic heterocycles. The Hall–Kier alpha value is -0.410. The van der Waals surface area contributed by atoms with E-state index in [-0.39, 0.29) is 6.10 Å². The van der Waals surface area contributed by atoms with Crippen LogP contribution in [-0.4, -0.2) is 16.2 Å².